The zero-order valence-electron chi connectivity index (χ0n) is 17.8. The summed E-state index contributed by atoms with van der Waals surface area (Å²) in [5.74, 6) is -0.0134. The number of rotatable bonds is 8. The lowest BCUT2D eigenvalue weighted by molar-refractivity contribution is -0.147. The molecule has 0 aliphatic carbocycles. The van der Waals surface area contributed by atoms with Crippen LogP contribution in [0, 0.1) is 0 Å². The van der Waals surface area contributed by atoms with Crippen LogP contribution >= 0.6 is 0 Å². The van der Waals surface area contributed by atoms with Crippen molar-refractivity contribution >= 4 is 29.2 Å². The molecule has 166 valence electrons. The number of nitrogens with one attached hydrogen (secondary N) is 1. The van der Waals surface area contributed by atoms with Crippen LogP contribution in [0.15, 0.2) is 85.4 Å². The molecule has 0 unspecified atom stereocenters. The first-order valence-electron chi connectivity index (χ1n) is 10.4. The Morgan fingerprint density at radius 3 is 2.33 bits per heavy atom. The van der Waals surface area contributed by atoms with Crippen LogP contribution in [0.4, 0.5) is 5.69 Å². The smallest absolute Gasteiger partial charge is 0.308 e. The summed E-state index contributed by atoms with van der Waals surface area (Å²) < 4.78 is 10.8. The monoisotopic (exact) mass is 442 g/mol. The lowest BCUT2D eigenvalue weighted by Crippen LogP contribution is -2.27. The van der Waals surface area contributed by atoms with Gasteiger partial charge in [-0.15, -0.1) is 0 Å². The summed E-state index contributed by atoms with van der Waals surface area (Å²) in [7, 11) is 0. The maximum absolute atomic E-state index is 12.5. The number of nitrogens with zero attached hydrogens (tertiary/aromatic N) is 1. The third-order valence-corrected chi connectivity index (χ3v) is 5.04. The van der Waals surface area contributed by atoms with E-state index in [9.17, 15) is 14.4 Å². The van der Waals surface area contributed by atoms with Crippen molar-refractivity contribution in [1.82, 2.24) is 4.90 Å². The summed E-state index contributed by atoms with van der Waals surface area (Å²) >= 11 is 0. The average Bonchev–Trinajstić information content (AvgIpc) is 3.07. The number of hydrogen-bond acceptors (Lipinski definition) is 5. The molecule has 0 atom stereocenters. The Bertz CT molecular complexity index is 1170. The van der Waals surface area contributed by atoms with Crippen LogP contribution in [-0.4, -0.2) is 35.8 Å². The second kappa shape index (κ2) is 9.82. The minimum atomic E-state index is -0.581. The van der Waals surface area contributed by atoms with Gasteiger partial charge in [0.1, 0.15) is 11.5 Å². The molecule has 7 heteroatoms. The van der Waals surface area contributed by atoms with Gasteiger partial charge in [0.25, 0.3) is 11.8 Å². The van der Waals surface area contributed by atoms with E-state index >= 15 is 0 Å². The van der Waals surface area contributed by atoms with E-state index in [0.29, 0.717) is 28.4 Å². The Labute approximate surface area is 191 Å². The van der Waals surface area contributed by atoms with E-state index in [1.54, 1.807) is 36.4 Å². The van der Waals surface area contributed by atoms with E-state index in [1.807, 2.05) is 42.5 Å². The molecular weight excluding hydrogens is 420 g/mol. The molecule has 7 nitrogen and oxygen atoms in total. The minimum Gasteiger partial charge on any atom is -0.457 e. The van der Waals surface area contributed by atoms with Crippen molar-refractivity contribution in [2.24, 2.45) is 0 Å². The van der Waals surface area contributed by atoms with E-state index in [-0.39, 0.29) is 18.9 Å². The number of carbonyl (C=O) groups excluding carboxylic acids is 3. The van der Waals surface area contributed by atoms with Crippen molar-refractivity contribution in [1.29, 1.82) is 0 Å². The van der Waals surface area contributed by atoms with E-state index in [1.165, 1.54) is 4.90 Å². The van der Waals surface area contributed by atoms with Crippen molar-refractivity contribution in [3.8, 4) is 11.5 Å². The minimum absolute atomic E-state index is 0.0492. The molecule has 0 fully saturated rings. The van der Waals surface area contributed by atoms with E-state index < -0.39 is 18.5 Å². The zero-order chi connectivity index (χ0) is 23.2. The van der Waals surface area contributed by atoms with Crippen molar-refractivity contribution in [2.45, 2.75) is 6.42 Å². The molecular formula is C26H22N2O5. The van der Waals surface area contributed by atoms with E-state index in [2.05, 4.69) is 11.9 Å². The third kappa shape index (κ3) is 5.27. The maximum atomic E-state index is 12.5. The summed E-state index contributed by atoms with van der Waals surface area (Å²) in [6.07, 6.45) is -0.0492. The predicted octanol–water partition coefficient (Wildman–Crippen LogP) is 4.48. The number of fused-ring (bicyclic) bond motifs is 1. The largest absolute Gasteiger partial charge is 0.457 e. The third-order valence-electron chi connectivity index (χ3n) is 5.04. The van der Waals surface area contributed by atoms with Gasteiger partial charge < -0.3 is 19.7 Å². The van der Waals surface area contributed by atoms with E-state index in [4.69, 9.17) is 9.47 Å². The molecule has 3 aromatic rings. The first kappa shape index (κ1) is 21.8. The van der Waals surface area contributed by atoms with Gasteiger partial charge in [0, 0.05) is 35.1 Å². The highest BCUT2D eigenvalue weighted by molar-refractivity contribution is 6.08. The van der Waals surface area contributed by atoms with Gasteiger partial charge in [0.05, 0.1) is 6.42 Å². The van der Waals surface area contributed by atoms with Crippen LogP contribution in [0.5, 0.6) is 11.5 Å². The number of hydrogen-bond donors (Lipinski definition) is 1. The molecule has 33 heavy (non-hydrogen) atoms. The summed E-state index contributed by atoms with van der Waals surface area (Å²) in [6.45, 7) is 3.64. The average molecular weight is 442 g/mol. The number of anilines is 1. The summed E-state index contributed by atoms with van der Waals surface area (Å²) in [5, 5.41) is 2.67. The highest BCUT2D eigenvalue weighted by Gasteiger charge is 2.30. The molecule has 0 aromatic heterocycles. The molecule has 0 spiro atoms. The summed E-state index contributed by atoms with van der Waals surface area (Å²) in [4.78, 5) is 38.2. The summed E-state index contributed by atoms with van der Waals surface area (Å²) in [5.41, 5.74) is 2.39. The van der Waals surface area contributed by atoms with Crippen molar-refractivity contribution in [3.05, 3.63) is 96.6 Å². The molecule has 0 saturated carbocycles. The Morgan fingerprint density at radius 2 is 1.58 bits per heavy atom. The van der Waals surface area contributed by atoms with Gasteiger partial charge in [-0.2, -0.15) is 0 Å². The van der Waals surface area contributed by atoms with Crippen LogP contribution in [0.25, 0.3) is 5.70 Å². The van der Waals surface area contributed by atoms with Crippen molar-refractivity contribution in [2.75, 3.05) is 18.5 Å². The number of para-hydroxylation sites is 1. The quantitative estimate of drug-likeness (QED) is 0.520. The lowest BCUT2D eigenvalue weighted by atomic mass is 10.1. The van der Waals surface area contributed by atoms with Crippen molar-refractivity contribution < 1.29 is 23.9 Å². The van der Waals surface area contributed by atoms with Crippen molar-refractivity contribution in [3.63, 3.8) is 0 Å². The highest BCUT2D eigenvalue weighted by atomic mass is 16.5. The fourth-order valence-electron chi connectivity index (χ4n) is 3.45. The maximum Gasteiger partial charge on any atom is 0.308 e. The molecule has 1 aliphatic rings. The highest BCUT2D eigenvalue weighted by Crippen LogP contribution is 2.31. The van der Waals surface area contributed by atoms with Crippen LogP contribution in [-0.2, 0) is 14.3 Å². The van der Waals surface area contributed by atoms with Crippen LogP contribution in [0.3, 0.4) is 0 Å². The Morgan fingerprint density at radius 1 is 0.879 bits per heavy atom. The Kier molecular flexibility index (Phi) is 6.50. The first-order chi connectivity index (χ1) is 16.0. The molecule has 0 saturated heterocycles. The van der Waals surface area contributed by atoms with Gasteiger partial charge in [-0.05, 0) is 30.3 Å². The number of benzene rings is 3. The molecule has 2 amide bonds. The fraction of sp³-hybridized carbons (Fsp3) is 0.115. The molecule has 1 heterocycles. The molecule has 0 bridgehead atoms. The Balaban J connectivity index is 1.23. The second-order valence-corrected chi connectivity index (χ2v) is 7.35. The standard InChI is InChI=1S/C26H22N2O5/c1-18-22-12-5-6-13-23(22)26(31)28(18)15-14-25(30)32-17-24(29)27-19-8-7-11-21(16-19)33-20-9-3-2-4-10-20/h2-13,16H,1,14-15,17H2,(H,27,29). The van der Waals surface area contributed by atoms with Gasteiger partial charge in [0.2, 0.25) is 0 Å². The normalized spacial score (nSPS) is 12.3. The van der Waals surface area contributed by atoms with E-state index in [0.717, 1.165) is 5.56 Å². The van der Waals surface area contributed by atoms with Gasteiger partial charge >= 0.3 is 5.97 Å². The fourth-order valence-corrected chi connectivity index (χ4v) is 3.45. The SMILES string of the molecule is C=C1c2ccccc2C(=O)N1CCC(=O)OCC(=O)Nc1cccc(Oc2ccccc2)c1. The Hall–Kier alpha value is -4.39. The number of esters is 1. The number of carbonyl (C=O) groups is 3. The zero-order valence-corrected chi connectivity index (χ0v) is 17.8. The van der Waals surface area contributed by atoms with Crippen LogP contribution in [0.2, 0.25) is 0 Å². The molecule has 3 aromatic carbocycles. The molecule has 0 radical (unpaired) electrons. The van der Waals surface area contributed by atoms with Gasteiger partial charge in [-0.25, -0.2) is 0 Å². The van der Waals surface area contributed by atoms with Gasteiger partial charge in [-0.3, -0.25) is 14.4 Å². The topological polar surface area (TPSA) is 84.9 Å². The molecule has 4 rings (SSSR count). The number of ether oxygens (including phenoxy) is 2. The summed E-state index contributed by atoms with van der Waals surface area (Å²) in [6, 6.07) is 23.3. The number of amides is 2. The van der Waals surface area contributed by atoms with Gasteiger partial charge in [0.15, 0.2) is 6.61 Å². The molecule has 1 N–H and O–H groups in total. The lowest BCUT2D eigenvalue weighted by Gasteiger charge is -2.16. The van der Waals surface area contributed by atoms with Crippen LogP contribution < -0.4 is 10.1 Å². The van der Waals surface area contributed by atoms with Crippen LogP contribution in [0.1, 0.15) is 22.3 Å². The van der Waals surface area contributed by atoms with Gasteiger partial charge in [-0.1, -0.05) is 49.0 Å². The first-order valence-corrected chi connectivity index (χ1v) is 10.4. The molecule has 1 aliphatic heterocycles. The predicted molar refractivity (Wildman–Crippen MR) is 124 cm³/mol. The second-order valence-electron chi connectivity index (χ2n) is 7.35.